The van der Waals surface area contributed by atoms with Crippen molar-refractivity contribution in [3.8, 4) is 0 Å². The number of ether oxygens (including phenoxy) is 1. The highest BCUT2D eigenvalue weighted by atomic mass is 32.1. The largest absolute Gasteiger partial charge is 0.378 e. The molecule has 2 amide bonds. The predicted molar refractivity (Wildman–Crippen MR) is 132 cm³/mol. The van der Waals surface area contributed by atoms with Crippen LogP contribution in [0.15, 0.2) is 31.0 Å². The van der Waals surface area contributed by atoms with E-state index in [-0.39, 0.29) is 22.9 Å². The van der Waals surface area contributed by atoms with Gasteiger partial charge in [0.1, 0.15) is 39.9 Å². The molecule has 35 heavy (non-hydrogen) atoms. The van der Waals surface area contributed by atoms with Gasteiger partial charge in [0.25, 0.3) is 11.8 Å². The first kappa shape index (κ1) is 24.6. The number of anilines is 2. The highest BCUT2D eigenvalue weighted by Crippen LogP contribution is 2.24. The van der Waals surface area contributed by atoms with Gasteiger partial charge in [0.05, 0.1) is 31.1 Å². The highest BCUT2D eigenvalue weighted by Gasteiger charge is 2.21. The molecule has 1 aliphatic rings. The first-order valence-corrected chi connectivity index (χ1v) is 12.1. The molecule has 3 aromatic heterocycles. The molecule has 4 heterocycles. The van der Waals surface area contributed by atoms with Crippen LogP contribution in [0.1, 0.15) is 64.6 Å². The summed E-state index contributed by atoms with van der Waals surface area (Å²) in [5.41, 5.74) is 0.923. The van der Waals surface area contributed by atoms with Crippen molar-refractivity contribution in [2.75, 3.05) is 36.5 Å². The number of carbonyl (C=O) groups excluding carboxylic acids is 2. The average Bonchev–Trinajstić information content (AvgIpc) is 3.35. The third-order valence-electron chi connectivity index (χ3n) is 5.36. The van der Waals surface area contributed by atoms with Gasteiger partial charge in [0, 0.05) is 30.6 Å². The van der Waals surface area contributed by atoms with Gasteiger partial charge in [-0.15, -0.1) is 11.3 Å². The number of hydrogen-bond donors (Lipinski definition) is 2. The van der Waals surface area contributed by atoms with Gasteiger partial charge in [-0.3, -0.25) is 9.59 Å². The van der Waals surface area contributed by atoms with Crippen LogP contribution >= 0.6 is 11.3 Å². The van der Waals surface area contributed by atoms with Crippen molar-refractivity contribution < 1.29 is 14.3 Å². The van der Waals surface area contributed by atoms with Crippen LogP contribution in [0.4, 0.5) is 11.6 Å². The molecular weight excluding hydrogens is 468 g/mol. The Balaban J connectivity index is 1.39. The van der Waals surface area contributed by atoms with Crippen LogP contribution in [0.3, 0.4) is 0 Å². The van der Waals surface area contributed by atoms with Crippen LogP contribution in [0.5, 0.6) is 0 Å². The summed E-state index contributed by atoms with van der Waals surface area (Å²) in [6, 6.07) is 3.01. The molecule has 11 nitrogen and oxygen atoms in total. The standard InChI is InChI=1S/C23H28N8O3S/c1-14(29-20(32)15-9-19(28-12-25-15)31-5-7-34-8-6-31)22-24-11-16(35-22)21(33)30-18-10-17(23(2,3)4)26-13-27-18/h9-14H,5-8H2,1-4H3,(H,29,32)(H,26,27,30,33). The van der Waals surface area contributed by atoms with Gasteiger partial charge in [-0.1, -0.05) is 20.8 Å². The van der Waals surface area contributed by atoms with Crippen molar-refractivity contribution in [1.82, 2.24) is 30.2 Å². The second-order valence-corrected chi connectivity index (χ2v) is 10.2. The zero-order chi connectivity index (χ0) is 25.0. The minimum absolute atomic E-state index is 0.166. The van der Waals surface area contributed by atoms with Crippen molar-refractivity contribution in [3.05, 3.63) is 52.3 Å². The molecular formula is C23H28N8O3S. The van der Waals surface area contributed by atoms with E-state index in [0.717, 1.165) is 5.69 Å². The van der Waals surface area contributed by atoms with Crippen molar-refractivity contribution in [1.29, 1.82) is 0 Å². The smallest absolute Gasteiger partial charge is 0.270 e. The number of rotatable bonds is 6. The lowest BCUT2D eigenvalue weighted by Gasteiger charge is -2.27. The molecule has 1 unspecified atom stereocenters. The number of nitrogens with one attached hydrogen (secondary N) is 2. The predicted octanol–water partition coefficient (Wildman–Crippen LogP) is 2.60. The number of thiazole rings is 1. The Morgan fingerprint density at radius 3 is 2.51 bits per heavy atom. The summed E-state index contributed by atoms with van der Waals surface area (Å²) in [6.07, 6.45) is 4.31. The Kier molecular flexibility index (Phi) is 7.31. The molecule has 2 N–H and O–H groups in total. The van der Waals surface area contributed by atoms with Crippen LogP contribution in [-0.4, -0.2) is 63.0 Å². The van der Waals surface area contributed by atoms with Crippen LogP contribution in [0.25, 0.3) is 0 Å². The van der Waals surface area contributed by atoms with Crippen LogP contribution < -0.4 is 15.5 Å². The molecule has 1 aliphatic heterocycles. The van der Waals surface area contributed by atoms with E-state index >= 15 is 0 Å². The maximum absolute atomic E-state index is 12.8. The Bertz CT molecular complexity index is 1200. The van der Waals surface area contributed by atoms with E-state index in [9.17, 15) is 9.59 Å². The molecule has 12 heteroatoms. The van der Waals surface area contributed by atoms with Gasteiger partial charge >= 0.3 is 0 Å². The Morgan fingerprint density at radius 1 is 1.03 bits per heavy atom. The molecule has 4 rings (SSSR count). The molecule has 0 aromatic carbocycles. The quantitative estimate of drug-likeness (QED) is 0.528. The summed E-state index contributed by atoms with van der Waals surface area (Å²) in [5, 5.41) is 6.28. The molecule has 1 fully saturated rings. The number of nitrogens with zero attached hydrogens (tertiary/aromatic N) is 6. The minimum atomic E-state index is -0.414. The molecule has 3 aromatic rings. The fourth-order valence-corrected chi connectivity index (χ4v) is 4.19. The molecule has 1 saturated heterocycles. The number of amides is 2. The van der Waals surface area contributed by atoms with Crippen molar-refractivity contribution in [2.45, 2.75) is 39.2 Å². The van der Waals surface area contributed by atoms with E-state index in [2.05, 4.69) is 40.5 Å². The molecule has 0 saturated carbocycles. The van der Waals surface area contributed by atoms with Gasteiger partial charge in [0.15, 0.2) is 0 Å². The van der Waals surface area contributed by atoms with E-state index in [1.54, 1.807) is 12.1 Å². The van der Waals surface area contributed by atoms with Crippen molar-refractivity contribution in [3.63, 3.8) is 0 Å². The zero-order valence-corrected chi connectivity index (χ0v) is 20.9. The summed E-state index contributed by atoms with van der Waals surface area (Å²) in [6.45, 7) is 10.6. The second-order valence-electron chi connectivity index (χ2n) is 9.11. The topological polar surface area (TPSA) is 135 Å². The molecule has 0 spiro atoms. The second kappa shape index (κ2) is 10.4. The maximum Gasteiger partial charge on any atom is 0.270 e. The number of morpholine rings is 1. The van der Waals surface area contributed by atoms with Crippen molar-refractivity contribution in [2.24, 2.45) is 0 Å². The van der Waals surface area contributed by atoms with Gasteiger partial charge in [-0.2, -0.15) is 0 Å². The maximum atomic E-state index is 12.8. The first-order chi connectivity index (χ1) is 16.7. The van der Waals surface area contributed by atoms with Gasteiger partial charge in [-0.05, 0) is 6.92 Å². The van der Waals surface area contributed by atoms with Gasteiger partial charge < -0.3 is 20.3 Å². The van der Waals surface area contributed by atoms with E-state index in [0.29, 0.717) is 47.8 Å². The van der Waals surface area contributed by atoms with Crippen molar-refractivity contribution >= 4 is 34.8 Å². The summed E-state index contributed by atoms with van der Waals surface area (Å²) in [7, 11) is 0. The monoisotopic (exact) mass is 496 g/mol. The normalized spacial score (nSPS) is 14.9. The third-order valence-corrected chi connectivity index (χ3v) is 6.54. The van der Waals surface area contributed by atoms with E-state index in [1.807, 2.05) is 27.7 Å². The molecule has 1 atom stereocenters. The first-order valence-electron chi connectivity index (χ1n) is 11.3. The van der Waals surface area contributed by atoms with Crippen LogP contribution in [0, 0.1) is 0 Å². The average molecular weight is 497 g/mol. The van der Waals surface area contributed by atoms with E-state index in [1.165, 1.54) is 30.2 Å². The minimum Gasteiger partial charge on any atom is -0.378 e. The third kappa shape index (κ3) is 6.14. The molecule has 0 aliphatic carbocycles. The Labute approximate surface area is 207 Å². The van der Waals surface area contributed by atoms with Crippen LogP contribution in [-0.2, 0) is 10.2 Å². The number of carbonyl (C=O) groups is 2. The van der Waals surface area contributed by atoms with Crippen LogP contribution in [0.2, 0.25) is 0 Å². The summed E-state index contributed by atoms with van der Waals surface area (Å²) in [4.78, 5) is 49.1. The Hall–Kier alpha value is -3.51. The van der Waals surface area contributed by atoms with E-state index < -0.39 is 6.04 Å². The number of aromatic nitrogens is 5. The highest BCUT2D eigenvalue weighted by molar-refractivity contribution is 7.13. The fraction of sp³-hybridized carbons (Fsp3) is 0.435. The van der Waals surface area contributed by atoms with E-state index in [4.69, 9.17) is 4.74 Å². The Morgan fingerprint density at radius 2 is 1.77 bits per heavy atom. The zero-order valence-electron chi connectivity index (χ0n) is 20.1. The lowest BCUT2D eigenvalue weighted by Crippen LogP contribution is -2.37. The summed E-state index contributed by atoms with van der Waals surface area (Å²) >= 11 is 1.20. The molecule has 0 bridgehead atoms. The summed E-state index contributed by atoms with van der Waals surface area (Å²) in [5.74, 6) is 0.447. The molecule has 0 radical (unpaired) electrons. The van der Waals surface area contributed by atoms with Gasteiger partial charge in [-0.25, -0.2) is 24.9 Å². The SMILES string of the molecule is CC(NC(=O)c1cc(N2CCOCC2)ncn1)c1ncc(C(=O)Nc2cc(C(C)(C)C)ncn2)s1. The lowest BCUT2D eigenvalue weighted by atomic mass is 9.92. The fourth-order valence-electron chi connectivity index (χ4n) is 3.38. The molecule has 184 valence electrons. The lowest BCUT2D eigenvalue weighted by molar-refractivity contribution is 0.0934. The number of hydrogen-bond acceptors (Lipinski definition) is 10. The summed E-state index contributed by atoms with van der Waals surface area (Å²) < 4.78 is 5.37. The van der Waals surface area contributed by atoms with Gasteiger partial charge in [0.2, 0.25) is 0 Å².